The largest absolute Gasteiger partial charge is 0.314 e. The number of nitrogens with zero attached hydrogens (tertiary/aromatic N) is 2. The van der Waals surface area contributed by atoms with Gasteiger partial charge in [-0.25, -0.2) is 0 Å². The lowest BCUT2D eigenvalue weighted by atomic mass is 10.0. The van der Waals surface area contributed by atoms with Crippen LogP contribution in [0.1, 0.15) is 43.6 Å². The van der Waals surface area contributed by atoms with Crippen molar-refractivity contribution in [3.8, 4) is 0 Å². The minimum atomic E-state index is 0.548. The minimum absolute atomic E-state index is 0.548. The van der Waals surface area contributed by atoms with Crippen molar-refractivity contribution in [2.45, 2.75) is 53.0 Å². The molecule has 92 valence electrons. The third kappa shape index (κ3) is 5.03. The first-order chi connectivity index (χ1) is 7.61. The summed E-state index contributed by atoms with van der Waals surface area (Å²) < 4.78 is 0. The van der Waals surface area contributed by atoms with Crippen LogP contribution in [0.4, 0.5) is 0 Å². The molecule has 1 atom stereocenters. The molecule has 0 bridgehead atoms. The van der Waals surface area contributed by atoms with Gasteiger partial charge in [-0.05, 0) is 32.2 Å². The van der Waals surface area contributed by atoms with Gasteiger partial charge in [0.15, 0.2) is 0 Å². The molecule has 0 saturated carbocycles. The van der Waals surface area contributed by atoms with E-state index in [0.29, 0.717) is 6.04 Å². The molecular formula is C12H23N3S. The van der Waals surface area contributed by atoms with Crippen LogP contribution in [0.5, 0.6) is 0 Å². The molecule has 0 aromatic carbocycles. The summed E-state index contributed by atoms with van der Waals surface area (Å²) in [4.78, 5) is 0. The molecule has 0 amide bonds. The van der Waals surface area contributed by atoms with Crippen molar-refractivity contribution >= 4 is 11.3 Å². The number of aryl methyl sites for hydroxylation is 1. The van der Waals surface area contributed by atoms with Gasteiger partial charge in [0.25, 0.3) is 0 Å². The fourth-order valence-corrected chi connectivity index (χ4v) is 2.58. The van der Waals surface area contributed by atoms with E-state index in [1.54, 1.807) is 11.3 Å². The lowest BCUT2D eigenvalue weighted by Crippen LogP contribution is -2.33. The summed E-state index contributed by atoms with van der Waals surface area (Å²) in [6.45, 7) is 9.85. The maximum Gasteiger partial charge on any atom is 0.118 e. The molecule has 0 spiro atoms. The Morgan fingerprint density at radius 2 is 2.06 bits per heavy atom. The summed E-state index contributed by atoms with van der Waals surface area (Å²) in [6, 6.07) is 0.548. The topological polar surface area (TPSA) is 37.8 Å². The van der Waals surface area contributed by atoms with E-state index in [4.69, 9.17) is 0 Å². The zero-order valence-corrected chi connectivity index (χ0v) is 11.6. The zero-order chi connectivity index (χ0) is 12.0. The molecule has 0 aliphatic heterocycles. The van der Waals surface area contributed by atoms with E-state index in [2.05, 4.69) is 36.3 Å². The molecule has 1 N–H and O–H groups in total. The molecule has 0 aliphatic carbocycles. The van der Waals surface area contributed by atoms with Crippen molar-refractivity contribution < 1.29 is 0 Å². The highest BCUT2D eigenvalue weighted by molar-refractivity contribution is 7.11. The highest BCUT2D eigenvalue weighted by Gasteiger charge is 2.13. The van der Waals surface area contributed by atoms with Crippen molar-refractivity contribution in [2.24, 2.45) is 5.92 Å². The van der Waals surface area contributed by atoms with E-state index in [1.165, 1.54) is 12.8 Å². The van der Waals surface area contributed by atoms with Crippen LogP contribution in [-0.2, 0) is 6.42 Å². The van der Waals surface area contributed by atoms with Crippen molar-refractivity contribution in [2.75, 3.05) is 6.54 Å². The first kappa shape index (κ1) is 13.6. The molecule has 0 fully saturated rings. The van der Waals surface area contributed by atoms with Gasteiger partial charge in [-0.1, -0.05) is 20.8 Å². The maximum atomic E-state index is 4.20. The maximum absolute atomic E-state index is 4.20. The standard InChI is InChI=1S/C12H23N3S/c1-5-6-13-11(7-9(2)3)8-12-15-14-10(4)16-12/h9,11,13H,5-8H2,1-4H3. The predicted molar refractivity (Wildman–Crippen MR) is 69.9 cm³/mol. The van der Waals surface area contributed by atoms with E-state index in [9.17, 15) is 0 Å². The monoisotopic (exact) mass is 241 g/mol. The Morgan fingerprint density at radius 3 is 2.56 bits per heavy atom. The summed E-state index contributed by atoms with van der Waals surface area (Å²) in [5.74, 6) is 0.725. The number of hydrogen-bond acceptors (Lipinski definition) is 4. The second kappa shape index (κ2) is 6.97. The molecule has 1 unspecified atom stereocenters. The normalized spacial score (nSPS) is 13.3. The van der Waals surface area contributed by atoms with E-state index >= 15 is 0 Å². The van der Waals surface area contributed by atoms with E-state index in [-0.39, 0.29) is 0 Å². The Balaban J connectivity index is 2.48. The van der Waals surface area contributed by atoms with Gasteiger partial charge in [0, 0.05) is 12.5 Å². The smallest absolute Gasteiger partial charge is 0.118 e. The molecule has 1 rings (SSSR count). The summed E-state index contributed by atoms with van der Waals surface area (Å²) >= 11 is 1.71. The van der Waals surface area contributed by atoms with Crippen molar-refractivity contribution in [1.82, 2.24) is 15.5 Å². The first-order valence-corrected chi connectivity index (χ1v) is 6.95. The van der Waals surface area contributed by atoms with Crippen LogP contribution < -0.4 is 5.32 Å². The Morgan fingerprint density at radius 1 is 1.31 bits per heavy atom. The molecule has 1 aromatic heterocycles. The van der Waals surface area contributed by atoms with Crippen LogP contribution in [0.15, 0.2) is 0 Å². The Kier molecular flexibility index (Phi) is 5.91. The second-order valence-corrected chi connectivity index (χ2v) is 5.97. The van der Waals surface area contributed by atoms with Gasteiger partial charge >= 0.3 is 0 Å². The number of rotatable bonds is 7. The van der Waals surface area contributed by atoms with E-state index in [1.807, 2.05) is 6.92 Å². The van der Waals surface area contributed by atoms with E-state index < -0.39 is 0 Å². The number of aromatic nitrogens is 2. The molecule has 1 aromatic rings. The first-order valence-electron chi connectivity index (χ1n) is 6.14. The quantitative estimate of drug-likeness (QED) is 0.797. The van der Waals surface area contributed by atoms with E-state index in [0.717, 1.165) is 28.9 Å². The molecule has 4 heteroatoms. The molecule has 0 aliphatic rings. The SMILES string of the molecule is CCCNC(Cc1nnc(C)s1)CC(C)C. The average Bonchev–Trinajstić information content (AvgIpc) is 2.59. The second-order valence-electron chi connectivity index (χ2n) is 4.70. The fourth-order valence-electron chi connectivity index (χ4n) is 1.79. The van der Waals surface area contributed by atoms with Crippen molar-refractivity contribution in [1.29, 1.82) is 0 Å². The van der Waals surface area contributed by atoms with Gasteiger partial charge in [0.05, 0.1) is 0 Å². The zero-order valence-electron chi connectivity index (χ0n) is 10.8. The molecule has 0 radical (unpaired) electrons. The van der Waals surface area contributed by atoms with Crippen LogP contribution in [0.3, 0.4) is 0 Å². The highest BCUT2D eigenvalue weighted by atomic mass is 32.1. The van der Waals surface area contributed by atoms with Gasteiger partial charge in [-0.2, -0.15) is 0 Å². The van der Waals surface area contributed by atoms with Gasteiger partial charge < -0.3 is 5.32 Å². The molecular weight excluding hydrogens is 218 g/mol. The summed E-state index contributed by atoms with van der Waals surface area (Å²) in [6.07, 6.45) is 3.41. The Hall–Kier alpha value is -0.480. The number of nitrogens with one attached hydrogen (secondary N) is 1. The fraction of sp³-hybridized carbons (Fsp3) is 0.833. The lowest BCUT2D eigenvalue weighted by molar-refractivity contribution is 0.415. The van der Waals surface area contributed by atoms with Crippen LogP contribution in [0.2, 0.25) is 0 Å². The molecule has 0 saturated heterocycles. The van der Waals surface area contributed by atoms with Crippen LogP contribution in [-0.4, -0.2) is 22.8 Å². The van der Waals surface area contributed by atoms with Gasteiger partial charge in [0.2, 0.25) is 0 Å². The molecule has 3 nitrogen and oxygen atoms in total. The molecule has 1 heterocycles. The Labute approximate surface area is 103 Å². The number of hydrogen-bond donors (Lipinski definition) is 1. The summed E-state index contributed by atoms with van der Waals surface area (Å²) in [7, 11) is 0. The molecule has 16 heavy (non-hydrogen) atoms. The van der Waals surface area contributed by atoms with Crippen LogP contribution in [0, 0.1) is 12.8 Å². The van der Waals surface area contributed by atoms with Gasteiger partial charge in [-0.3, -0.25) is 0 Å². The van der Waals surface area contributed by atoms with Gasteiger partial charge in [0.1, 0.15) is 10.0 Å². The highest BCUT2D eigenvalue weighted by Crippen LogP contribution is 2.14. The summed E-state index contributed by atoms with van der Waals surface area (Å²) in [5, 5.41) is 14.1. The lowest BCUT2D eigenvalue weighted by Gasteiger charge is -2.19. The minimum Gasteiger partial charge on any atom is -0.314 e. The third-order valence-corrected chi connectivity index (χ3v) is 3.29. The van der Waals surface area contributed by atoms with Crippen LogP contribution in [0.25, 0.3) is 0 Å². The van der Waals surface area contributed by atoms with Gasteiger partial charge in [-0.15, -0.1) is 21.5 Å². The Bertz CT molecular complexity index is 296. The predicted octanol–water partition coefficient (Wildman–Crippen LogP) is 2.80. The average molecular weight is 241 g/mol. The van der Waals surface area contributed by atoms with Crippen molar-refractivity contribution in [3.63, 3.8) is 0 Å². The van der Waals surface area contributed by atoms with Crippen molar-refractivity contribution in [3.05, 3.63) is 10.0 Å². The third-order valence-electron chi connectivity index (χ3n) is 2.43. The summed E-state index contributed by atoms with van der Waals surface area (Å²) in [5.41, 5.74) is 0. The van der Waals surface area contributed by atoms with Crippen LogP contribution >= 0.6 is 11.3 Å².